The van der Waals surface area contributed by atoms with E-state index in [-0.39, 0.29) is 11.1 Å². The molecule has 3 aromatic rings. The van der Waals surface area contributed by atoms with Crippen molar-refractivity contribution in [3.05, 3.63) is 56.3 Å². The summed E-state index contributed by atoms with van der Waals surface area (Å²) >= 11 is 1.27. The van der Waals surface area contributed by atoms with Crippen LogP contribution in [0.5, 0.6) is 5.75 Å². The van der Waals surface area contributed by atoms with Crippen molar-refractivity contribution >= 4 is 39.2 Å². The monoisotopic (exact) mass is 387 g/mol. The van der Waals surface area contributed by atoms with Crippen LogP contribution in [0.15, 0.2) is 33.5 Å². The third kappa shape index (κ3) is 3.43. The van der Waals surface area contributed by atoms with Crippen molar-refractivity contribution < 1.29 is 23.5 Å². The molecule has 2 heterocycles. The highest BCUT2D eigenvalue weighted by atomic mass is 32.1. The van der Waals surface area contributed by atoms with Gasteiger partial charge in [-0.2, -0.15) is 0 Å². The first kappa shape index (κ1) is 18.7. The Bertz CT molecular complexity index is 1110. The molecule has 0 atom stereocenters. The fraction of sp³-hybridized carbons (Fsp3) is 0.211. The van der Waals surface area contributed by atoms with Gasteiger partial charge in [0.2, 0.25) is 0 Å². The number of methoxy groups -OCH3 is 2. The number of carbonyl (C=O) groups is 2. The molecule has 2 aromatic heterocycles. The number of hydrogen-bond donors (Lipinski definition) is 1. The lowest BCUT2D eigenvalue weighted by Gasteiger charge is -2.08. The highest BCUT2D eigenvalue weighted by Gasteiger charge is 2.23. The summed E-state index contributed by atoms with van der Waals surface area (Å²) < 4.78 is 15.1. The van der Waals surface area contributed by atoms with Gasteiger partial charge in [0.15, 0.2) is 0 Å². The van der Waals surface area contributed by atoms with Gasteiger partial charge in [-0.05, 0) is 31.5 Å². The largest absolute Gasteiger partial charge is 0.497 e. The van der Waals surface area contributed by atoms with Gasteiger partial charge in [-0.15, -0.1) is 11.3 Å². The Hall–Kier alpha value is -3.13. The van der Waals surface area contributed by atoms with E-state index < -0.39 is 17.5 Å². The fourth-order valence-corrected chi connectivity index (χ4v) is 3.73. The number of carbonyl (C=O) groups excluding carboxylic acids is 2. The summed E-state index contributed by atoms with van der Waals surface area (Å²) in [7, 11) is 2.77. The van der Waals surface area contributed by atoms with Crippen LogP contribution < -0.4 is 15.7 Å². The van der Waals surface area contributed by atoms with Crippen LogP contribution in [0.1, 0.15) is 31.2 Å². The SMILES string of the molecule is COC(=O)c1c(NC(=O)c2cc(=O)oc3cc(OC)ccc23)sc(C)c1C. The smallest absolute Gasteiger partial charge is 0.341 e. The number of rotatable bonds is 4. The number of ether oxygens (including phenoxy) is 2. The minimum absolute atomic E-state index is 0.142. The van der Waals surface area contributed by atoms with Gasteiger partial charge >= 0.3 is 11.6 Å². The summed E-state index contributed by atoms with van der Waals surface area (Å²) in [5, 5.41) is 3.55. The first-order valence-corrected chi connectivity index (χ1v) is 8.79. The number of aryl methyl sites for hydroxylation is 1. The van der Waals surface area contributed by atoms with Gasteiger partial charge in [0.25, 0.3) is 5.91 Å². The van der Waals surface area contributed by atoms with E-state index in [9.17, 15) is 14.4 Å². The number of hydrogen-bond acceptors (Lipinski definition) is 7. The maximum Gasteiger partial charge on any atom is 0.341 e. The summed E-state index contributed by atoms with van der Waals surface area (Å²) in [5.74, 6) is -0.556. The van der Waals surface area contributed by atoms with Crippen LogP contribution in [0.25, 0.3) is 11.0 Å². The van der Waals surface area contributed by atoms with Gasteiger partial charge in [0, 0.05) is 22.4 Å². The summed E-state index contributed by atoms with van der Waals surface area (Å²) in [6, 6.07) is 5.96. The van der Waals surface area contributed by atoms with Crippen molar-refractivity contribution in [1.82, 2.24) is 0 Å². The Morgan fingerprint density at radius 1 is 1.15 bits per heavy atom. The van der Waals surface area contributed by atoms with Crippen LogP contribution in [-0.4, -0.2) is 26.1 Å². The van der Waals surface area contributed by atoms with E-state index >= 15 is 0 Å². The molecule has 140 valence electrons. The van der Waals surface area contributed by atoms with Crippen molar-refractivity contribution in [2.45, 2.75) is 13.8 Å². The molecule has 0 saturated heterocycles. The molecule has 3 rings (SSSR count). The molecule has 0 aliphatic rings. The van der Waals surface area contributed by atoms with Crippen molar-refractivity contribution in [3.63, 3.8) is 0 Å². The van der Waals surface area contributed by atoms with E-state index in [1.165, 1.54) is 31.6 Å². The molecule has 1 aromatic carbocycles. The first-order valence-electron chi connectivity index (χ1n) is 7.97. The van der Waals surface area contributed by atoms with Crippen LogP contribution in [-0.2, 0) is 4.74 Å². The van der Waals surface area contributed by atoms with Gasteiger partial charge in [0.1, 0.15) is 16.3 Å². The minimum Gasteiger partial charge on any atom is -0.497 e. The Kier molecular flexibility index (Phi) is 5.00. The van der Waals surface area contributed by atoms with E-state index in [0.29, 0.717) is 21.7 Å². The highest BCUT2D eigenvalue weighted by molar-refractivity contribution is 7.16. The van der Waals surface area contributed by atoms with Gasteiger partial charge in [-0.3, -0.25) is 4.79 Å². The van der Waals surface area contributed by atoms with Crippen LogP contribution in [0, 0.1) is 13.8 Å². The first-order chi connectivity index (χ1) is 12.8. The van der Waals surface area contributed by atoms with Crippen LogP contribution >= 0.6 is 11.3 Å². The summed E-state index contributed by atoms with van der Waals surface area (Å²) in [5.41, 5.74) is 0.765. The number of nitrogens with one attached hydrogen (secondary N) is 1. The molecule has 0 radical (unpaired) electrons. The molecule has 27 heavy (non-hydrogen) atoms. The minimum atomic E-state index is -0.660. The Morgan fingerprint density at radius 2 is 1.89 bits per heavy atom. The Morgan fingerprint density at radius 3 is 2.56 bits per heavy atom. The lowest BCUT2D eigenvalue weighted by Crippen LogP contribution is -2.16. The number of benzene rings is 1. The van der Waals surface area contributed by atoms with Crippen molar-refractivity contribution in [2.75, 3.05) is 19.5 Å². The molecule has 1 N–H and O–H groups in total. The topological polar surface area (TPSA) is 94.8 Å². The predicted molar refractivity (Wildman–Crippen MR) is 102 cm³/mol. The highest BCUT2D eigenvalue weighted by Crippen LogP contribution is 2.33. The van der Waals surface area contributed by atoms with E-state index in [2.05, 4.69) is 5.32 Å². The van der Waals surface area contributed by atoms with Gasteiger partial charge in [-0.1, -0.05) is 0 Å². The van der Waals surface area contributed by atoms with Crippen LogP contribution in [0.2, 0.25) is 0 Å². The predicted octanol–water partition coefficient (Wildman–Crippen LogP) is 3.52. The Balaban J connectivity index is 2.07. The third-order valence-electron chi connectivity index (χ3n) is 4.20. The van der Waals surface area contributed by atoms with Crippen LogP contribution in [0.4, 0.5) is 5.00 Å². The number of anilines is 1. The Labute approximate surface area is 158 Å². The quantitative estimate of drug-likeness (QED) is 0.544. The lowest BCUT2D eigenvalue weighted by molar-refractivity contribution is 0.0601. The maximum absolute atomic E-state index is 12.9. The average Bonchev–Trinajstić information content (AvgIpc) is 2.93. The second-order valence-electron chi connectivity index (χ2n) is 5.77. The van der Waals surface area contributed by atoms with Gasteiger partial charge in [-0.25, -0.2) is 9.59 Å². The molecule has 8 heteroatoms. The number of esters is 1. The maximum atomic E-state index is 12.9. The number of thiophene rings is 1. The van der Waals surface area contributed by atoms with E-state index in [1.54, 1.807) is 19.1 Å². The van der Waals surface area contributed by atoms with Crippen molar-refractivity contribution in [3.8, 4) is 5.75 Å². The fourth-order valence-electron chi connectivity index (χ4n) is 2.69. The molecule has 0 bridgehead atoms. The zero-order valence-electron chi connectivity index (χ0n) is 15.2. The summed E-state index contributed by atoms with van der Waals surface area (Å²) in [4.78, 5) is 37.7. The van der Waals surface area contributed by atoms with E-state index in [4.69, 9.17) is 13.9 Å². The zero-order valence-corrected chi connectivity index (χ0v) is 16.0. The van der Waals surface area contributed by atoms with Crippen LogP contribution in [0.3, 0.4) is 0 Å². The molecule has 0 aliphatic carbocycles. The number of fused-ring (bicyclic) bond motifs is 1. The number of amides is 1. The molecule has 1 amide bonds. The van der Waals surface area contributed by atoms with Gasteiger partial charge < -0.3 is 19.2 Å². The van der Waals surface area contributed by atoms with Gasteiger partial charge in [0.05, 0.1) is 25.3 Å². The second kappa shape index (κ2) is 7.24. The van der Waals surface area contributed by atoms with Crippen molar-refractivity contribution in [1.29, 1.82) is 0 Å². The van der Waals surface area contributed by atoms with Crippen molar-refractivity contribution in [2.24, 2.45) is 0 Å². The van der Waals surface area contributed by atoms with E-state index in [1.807, 2.05) is 6.92 Å². The van der Waals surface area contributed by atoms with E-state index in [0.717, 1.165) is 16.5 Å². The summed E-state index contributed by atoms with van der Waals surface area (Å²) in [6.07, 6.45) is 0. The molecule has 0 fully saturated rings. The molecular weight excluding hydrogens is 370 g/mol. The molecule has 0 aliphatic heterocycles. The zero-order chi connectivity index (χ0) is 19.7. The molecule has 7 nitrogen and oxygen atoms in total. The standard InChI is InChI=1S/C19H17NO6S/c1-9-10(2)27-18(16(9)19(23)25-4)20-17(22)13-8-15(21)26-14-7-11(24-3)5-6-12(13)14/h5-8H,1-4H3,(H,20,22). The lowest BCUT2D eigenvalue weighted by atomic mass is 10.1. The summed E-state index contributed by atoms with van der Waals surface area (Å²) in [6.45, 7) is 3.63. The molecular formula is C19H17NO6S. The second-order valence-corrected chi connectivity index (χ2v) is 7.00. The third-order valence-corrected chi connectivity index (χ3v) is 5.32. The average molecular weight is 387 g/mol. The molecule has 0 unspecified atom stereocenters. The molecule has 0 spiro atoms. The normalized spacial score (nSPS) is 10.7. The molecule has 0 saturated carbocycles.